The van der Waals surface area contributed by atoms with E-state index in [0.29, 0.717) is 6.07 Å². The molecule has 5 N–H and O–H groups in total. The Labute approximate surface area is 183 Å². The summed E-state index contributed by atoms with van der Waals surface area (Å²) in [5.41, 5.74) is 9.07. The summed E-state index contributed by atoms with van der Waals surface area (Å²) in [5, 5.41) is 22.7. The molecule has 0 fully saturated rings. The average molecular weight is 440 g/mol. The van der Waals surface area contributed by atoms with Crippen LogP contribution in [0.4, 0.5) is 19.3 Å². The van der Waals surface area contributed by atoms with Gasteiger partial charge in [-0.1, -0.05) is 48.5 Å². The molecule has 166 valence electrons. The van der Waals surface area contributed by atoms with Gasteiger partial charge >= 0.3 is 6.09 Å². The zero-order chi connectivity index (χ0) is 22.8. The number of aliphatic hydroxyl groups is 2. The molecule has 0 aromatic heterocycles. The molecule has 0 heterocycles. The van der Waals surface area contributed by atoms with Gasteiger partial charge in [-0.05, 0) is 28.3 Å². The fraction of sp³-hybridized carbons (Fsp3) is 0.208. The number of amides is 1. The second-order valence-electron chi connectivity index (χ2n) is 7.61. The molecule has 3 aromatic carbocycles. The first kappa shape index (κ1) is 21.7. The third-order valence-electron chi connectivity index (χ3n) is 5.59. The van der Waals surface area contributed by atoms with Crippen molar-refractivity contribution in [2.45, 2.75) is 18.1 Å². The molecule has 1 amide bonds. The Morgan fingerprint density at radius 3 is 2.22 bits per heavy atom. The normalized spacial score (nSPS) is 14.4. The number of nitrogen functional groups attached to an aromatic ring is 1. The van der Waals surface area contributed by atoms with Crippen molar-refractivity contribution in [1.82, 2.24) is 5.32 Å². The van der Waals surface area contributed by atoms with Gasteiger partial charge in [-0.3, -0.25) is 0 Å². The lowest BCUT2D eigenvalue weighted by molar-refractivity contribution is 0.0169. The molecule has 2 unspecified atom stereocenters. The van der Waals surface area contributed by atoms with E-state index in [1.807, 2.05) is 48.5 Å². The highest BCUT2D eigenvalue weighted by Crippen LogP contribution is 2.44. The Morgan fingerprint density at radius 1 is 1.03 bits per heavy atom. The van der Waals surface area contributed by atoms with E-state index in [9.17, 15) is 23.8 Å². The van der Waals surface area contributed by atoms with Crippen LogP contribution in [0.25, 0.3) is 11.1 Å². The number of anilines is 1. The van der Waals surface area contributed by atoms with E-state index in [2.05, 4.69) is 5.32 Å². The summed E-state index contributed by atoms with van der Waals surface area (Å²) in [6.45, 7) is -0.341. The minimum Gasteiger partial charge on any atom is -0.449 e. The molecule has 1 aliphatic carbocycles. The van der Waals surface area contributed by atoms with E-state index in [-0.39, 0.29) is 18.2 Å². The quantitative estimate of drug-likeness (QED) is 0.440. The number of hydrogen-bond acceptors (Lipinski definition) is 5. The third kappa shape index (κ3) is 4.15. The number of aliphatic hydroxyl groups excluding tert-OH is 2. The van der Waals surface area contributed by atoms with E-state index in [4.69, 9.17) is 10.5 Å². The summed E-state index contributed by atoms with van der Waals surface area (Å²) in [4.78, 5) is 12.2. The monoisotopic (exact) mass is 440 g/mol. The number of rotatable bonds is 6. The Bertz CT molecular complexity index is 1090. The molecule has 1 aliphatic rings. The minimum absolute atomic E-state index is 0.0814. The predicted molar refractivity (Wildman–Crippen MR) is 115 cm³/mol. The number of nitrogens with one attached hydrogen (secondary N) is 1. The van der Waals surface area contributed by atoms with Crippen molar-refractivity contribution in [3.05, 3.63) is 89.0 Å². The zero-order valence-electron chi connectivity index (χ0n) is 17.0. The summed E-state index contributed by atoms with van der Waals surface area (Å²) in [7, 11) is 0. The highest BCUT2D eigenvalue weighted by atomic mass is 19.1. The Hall–Kier alpha value is -3.49. The Morgan fingerprint density at radius 2 is 1.62 bits per heavy atom. The summed E-state index contributed by atoms with van der Waals surface area (Å²) in [6, 6.07) is 17.2. The number of carbonyl (C=O) groups is 1. The molecular formula is C24H22F2N2O4. The van der Waals surface area contributed by atoms with Crippen LogP contribution in [-0.4, -0.2) is 35.6 Å². The van der Waals surface area contributed by atoms with Gasteiger partial charge in [0.2, 0.25) is 0 Å². The lowest BCUT2D eigenvalue weighted by atomic mass is 9.98. The molecule has 0 saturated carbocycles. The standard InChI is InChI=1S/C24H22F2N2O4/c25-13-9-19(26)22(20(27)10-13)23(30)21(29)11-28-24(31)32-12-18-16-7-3-1-5-14(16)15-6-2-4-8-17(15)18/h1-10,18,21,23,29-30H,11-12,27H2,(H,28,31). The highest BCUT2D eigenvalue weighted by molar-refractivity contribution is 5.79. The average Bonchev–Trinajstić information content (AvgIpc) is 3.09. The predicted octanol–water partition coefficient (Wildman–Crippen LogP) is 3.48. The number of nitrogens with two attached hydrogens (primary N) is 1. The van der Waals surface area contributed by atoms with Gasteiger partial charge in [-0.2, -0.15) is 0 Å². The van der Waals surface area contributed by atoms with Crippen molar-refractivity contribution < 1.29 is 28.5 Å². The van der Waals surface area contributed by atoms with Gasteiger partial charge in [0, 0.05) is 29.8 Å². The van der Waals surface area contributed by atoms with E-state index in [1.165, 1.54) is 0 Å². The van der Waals surface area contributed by atoms with E-state index in [0.717, 1.165) is 28.3 Å². The van der Waals surface area contributed by atoms with Gasteiger partial charge in [0.1, 0.15) is 30.4 Å². The third-order valence-corrected chi connectivity index (χ3v) is 5.59. The summed E-state index contributed by atoms with van der Waals surface area (Å²) < 4.78 is 32.5. The molecular weight excluding hydrogens is 418 g/mol. The summed E-state index contributed by atoms with van der Waals surface area (Å²) >= 11 is 0. The smallest absolute Gasteiger partial charge is 0.407 e. The van der Waals surface area contributed by atoms with Crippen molar-refractivity contribution >= 4 is 11.8 Å². The Balaban J connectivity index is 1.36. The topological polar surface area (TPSA) is 105 Å². The molecule has 32 heavy (non-hydrogen) atoms. The Kier molecular flexibility index (Phi) is 6.07. The van der Waals surface area contributed by atoms with Crippen molar-refractivity contribution in [3.63, 3.8) is 0 Å². The zero-order valence-corrected chi connectivity index (χ0v) is 17.0. The molecule has 2 atom stereocenters. The maximum atomic E-state index is 14.0. The van der Waals surface area contributed by atoms with Crippen LogP contribution in [-0.2, 0) is 4.74 Å². The first-order valence-corrected chi connectivity index (χ1v) is 10.1. The summed E-state index contributed by atoms with van der Waals surface area (Å²) in [6.07, 6.45) is -4.15. The molecule has 4 rings (SSSR count). The van der Waals surface area contributed by atoms with Crippen LogP contribution in [0.5, 0.6) is 0 Å². The minimum atomic E-state index is -1.76. The van der Waals surface area contributed by atoms with Gasteiger partial charge in [0.25, 0.3) is 0 Å². The molecule has 3 aromatic rings. The lowest BCUT2D eigenvalue weighted by Crippen LogP contribution is -2.36. The van der Waals surface area contributed by atoms with Crippen LogP contribution in [0.2, 0.25) is 0 Å². The van der Waals surface area contributed by atoms with Gasteiger partial charge in [0.15, 0.2) is 0 Å². The van der Waals surface area contributed by atoms with Gasteiger partial charge in [0.05, 0.1) is 0 Å². The van der Waals surface area contributed by atoms with Crippen LogP contribution in [0.1, 0.15) is 28.7 Å². The largest absolute Gasteiger partial charge is 0.449 e. The molecule has 0 saturated heterocycles. The van der Waals surface area contributed by atoms with E-state index in [1.54, 1.807) is 0 Å². The fourth-order valence-electron chi connectivity index (χ4n) is 4.06. The lowest BCUT2D eigenvalue weighted by Gasteiger charge is -2.21. The van der Waals surface area contributed by atoms with E-state index < -0.39 is 42.0 Å². The maximum absolute atomic E-state index is 14.0. The van der Waals surface area contributed by atoms with Crippen molar-refractivity contribution in [2.75, 3.05) is 18.9 Å². The molecule has 6 nitrogen and oxygen atoms in total. The SMILES string of the molecule is Nc1cc(F)cc(F)c1C(O)C(O)CNC(=O)OCC1c2ccccc2-c2ccccc21. The number of ether oxygens (including phenoxy) is 1. The van der Waals surface area contributed by atoms with Crippen molar-refractivity contribution in [2.24, 2.45) is 0 Å². The van der Waals surface area contributed by atoms with Crippen LogP contribution in [0, 0.1) is 11.6 Å². The van der Waals surface area contributed by atoms with Gasteiger partial charge < -0.3 is 26.0 Å². The number of alkyl carbamates (subject to hydrolysis) is 1. The van der Waals surface area contributed by atoms with Crippen molar-refractivity contribution in [3.8, 4) is 11.1 Å². The molecule has 0 radical (unpaired) electrons. The number of fused-ring (bicyclic) bond motifs is 3. The van der Waals surface area contributed by atoms with Crippen LogP contribution in [0.3, 0.4) is 0 Å². The first-order chi connectivity index (χ1) is 15.4. The van der Waals surface area contributed by atoms with Gasteiger partial charge in [-0.15, -0.1) is 0 Å². The van der Waals surface area contributed by atoms with Crippen LogP contribution in [0.15, 0.2) is 60.7 Å². The fourth-order valence-corrected chi connectivity index (χ4v) is 4.06. The number of halogens is 2. The second kappa shape index (κ2) is 8.94. The molecule has 0 aliphatic heterocycles. The maximum Gasteiger partial charge on any atom is 0.407 e. The number of carbonyl (C=O) groups excluding carboxylic acids is 1. The molecule has 8 heteroatoms. The van der Waals surface area contributed by atoms with Gasteiger partial charge in [-0.25, -0.2) is 13.6 Å². The first-order valence-electron chi connectivity index (χ1n) is 10.1. The molecule has 0 bridgehead atoms. The highest BCUT2D eigenvalue weighted by Gasteiger charge is 2.29. The summed E-state index contributed by atoms with van der Waals surface area (Å²) in [5.74, 6) is -2.12. The second-order valence-corrected chi connectivity index (χ2v) is 7.61. The number of benzene rings is 3. The number of hydrogen-bond donors (Lipinski definition) is 4. The van der Waals surface area contributed by atoms with Crippen LogP contribution < -0.4 is 11.1 Å². The molecule has 0 spiro atoms. The van der Waals surface area contributed by atoms with Crippen molar-refractivity contribution in [1.29, 1.82) is 0 Å². The van der Waals surface area contributed by atoms with E-state index >= 15 is 0 Å². The van der Waals surface area contributed by atoms with Crippen LogP contribution >= 0.6 is 0 Å².